The Labute approximate surface area is 168 Å². The number of nitrogens with one attached hydrogen (secondary N) is 1. The number of hydrogen-bond donors (Lipinski definition) is 2. The molecule has 0 radical (unpaired) electrons. The van der Waals surface area contributed by atoms with Crippen molar-refractivity contribution in [3.8, 4) is 5.75 Å². The molecule has 0 fully saturated rings. The Balaban J connectivity index is 2.14. The van der Waals surface area contributed by atoms with Crippen LogP contribution in [0.25, 0.3) is 0 Å². The Bertz CT molecular complexity index is 778. The number of amides is 1. The molecule has 1 aliphatic rings. The second-order valence-corrected chi connectivity index (χ2v) is 7.85. The first-order valence-corrected chi connectivity index (χ1v) is 9.21. The van der Waals surface area contributed by atoms with Gasteiger partial charge in [-0.3, -0.25) is 9.59 Å². The van der Waals surface area contributed by atoms with Gasteiger partial charge in [0.2, 0.25) is 12.7 Å². The molecule has 1 heterocycles. The Morgan fingerprint density at radius 1 is 1.32 bits per heavy atom. The fraction of sp³-hybridized carbons (Fsp3) is 0.500. The van der Waals surface area contributed by atoms with Gasteiger partial charge in [0.15, 0.2) is 0 Å². The molecule has 2 rings (SSSR count). The Kier molecular flexibility index (Phi) is 6.95. The smallest absolute Gasteiger partial charge is 0.534 e. The maximum atomic E-state index is 12.4. The van der Waals surface area contributed by atoms with Gasteiger partial charge in [-0.25, -0.2) is 4.79 Å². The van der Waals surface area contributed by atoms with Gasteiger partial charge in [-0.2, -0.15) is 0 Å². The highest BCUT2D eigenvalue weighted by molar-refractivity contribution is 6.47. The first kappa shape index (κ1) is 22.0. The van der Waals surface area contributed by atoms with Crippen molar-refractivity contribution in [1.82, 2.24) is 5.32 Å². The van der Waals surface area contributed by atoms with Crippen molar-refractivity contribution in [3.05, 3.63) is 28.3 Å². The van der Waals surface area contributed by atoms with Crippen molar-refractivity contribution >= 4 is 36.6 Å². The van der Waals surface area contributed by atoms with Crippen molar-refractivity contribution in [1.29, 1.82) is 0 Å². The number of rotatable bonds is 5. The zero-order valence-corrected chi connectivity index (χ0v) is 17.0. The van der Waals surface area contributed by atoms with Crippen LogP contribution in [0.15, 0.2) is 12.1 Å². The number of carbonyl (C=O) groups excluding carboxylic acids is 3. The molecule has 0 saturated heterocycles. The van der Waals surface area contributed by atoms with Gasteiger partial charge in [0, 0.05) is 11.4 Å². The van der Waals surface area contributed by atoms with Crippen LogP contribution in [0.4, 0.5) is 0 Å². The summed E-state index contributed by atoms with van der Waals surface area (Å²) in [6, 6.07) is 2.93. The molecule has 1 aliphatic heterocycles. The molecule has 1 unspecified atom stereocenters. The molecule has 0 spiro atoms. The third kappa shape index (κ3) is 5.39. The largest absolute Gasteiger partial charge is 0.547 e. The first-order valence-electron chi connectivity index (χ1n) is 8.83. The first-order chi connectivity index (χ1) is 13.0. The molecule has 10 heteroatoms. The number of esters is 2. The molecule has 152 valence electrons. The minimum absolute atomic E-state index is 0.00590. The third-order valence-corrected chi connectivity index (χ3v) is 4.25. The lowest BCUT2D eigenvalue weighted by Gasteiger charge is -2.29. The summed E-state index contributed by atoms with van der Waals surface area (Å²) < 4.78 is 15.4. The summed E-state index contributed by atoms with van der Waals surface area (Å²) in [6.45, 7) is 6.15. The summed E-state index contributed by atoms with van der Waals surface area (Å²) in [5.41, 5.74) is -0.196. The van der Waals surface area contributed by atoms with Crippen molar-refractivity contribution in [2.75, 3.05) is 6.79 Å². The van der Waals surface area contributed by atoms with Crippen LogP contribution in [-0.4, -0.2) is 42.7 Å². The van der Waals surface area contributed by atoms with Crippen LogP contribution < -0.4 is 9.97 Å². The average molecular weight is 412 g/mol. The van der Waals surface area contributed by atoms with Gasteiger partial charge in [0.05, 0.1) is 11.4 Å². The van der Waals surface area contributed by atoms with Crippen LogP contribution in [-0.2, 0) is 25.5 Å². The summed E-state index contributed by atoms with van der Waals surface area (Å²) in [4.78, 5) is 35.7. The molecule has 1 aromatic rings. The molecule has 0 aliphatic carbocycles. The van der Waals surface area contributed by atoms with Crippen molar-refractivity contribution in [2.45, 2.75) is 46.5 Å². The highest BCUT2D eigenvalue weighted by Gasteiger charge is 2.38. The van der Waals surface area contributed by atoms with Gasteiger partial charge in [0.25, 0.3) is 0 Å². The SMILES string of the molecule is CCC(=O)NC1Cc2cc(Cl)cc(C(=O)OCOC(=O)C(C)(C)C)c2OB1O. The second kappa shape index (κ2) is 8.83. The quantitative estimate of drug-likeness (QED) is 0.432. The third-order valence-electron chi connectivity index (χ3n) is 4.03. The molecule has 1 amide bonds. The van der Waals surface area contributed by atoms with E-state index in [4.69, 9.17) is 25.7 Å². The zero-order chi connectivity index (χ0) is 21.1. The van der Waals surface area contributed by atoms with Crippen LogP contribution in [0.2, 0.25) is 5.02 Å². The van der Waals surface area contributed by atoms with Gasteiger partial charge in [-0.05, 0) is 44.9 Å². The fourth-order valence-electron chi connectivity index (χ4n) is 2.50. The van der Waals surface area contributed by atoms with E-state index in [-0.39, 0.29) is 35.1 Å². The number of ether oxygens (including phenoxy) is 2. The summed E-state index contributed by atoms with van der Waals surface area (Å²) in [7, 11) is -1.34. The topological polar surface area (TPSA) is 111 Å². The maximum absolute atomic E-state index is 12.4. The Morgan fingerprint density at radius 3 is 2.61 bits per heavy atom. The Hall–Kier alpha value is -2.26. The van der Waals surface area contributed by atoms with E-state index in [9.17, 15) is 19.4 Å². The van der Waals surface area contributed by atoms with Crippen LogP contribution in [0.3, 0.4) is 0 Å². The molecule has 2 N–H and O–H groups in total. The van der Waals surface area contributed by atoms with Gasteiger partial charge in [-0.15, -0.1) is 0 Å². The minimum atomic E-state index is -1.34. The Morgan fingerprint density at radius 2 is 2.00 bits per heavy atom. The van der Waals surface area contributed by atoms with Gasteiger partial charge in [-0.1, -0.05) is 18.5 Å². The lowest BCUT2D eigenvalue weighted by Crippen LogP contribution is -2.53. The second-order valence-electron chi connectivity index (χ2n) is 7.41. The number of halogens is 1. The standard InChI is InChI=1S/C18H23BClNO7/c1-5-14(22)21-13-7-10-6-11(20)8-12(15(10)28-19(13)25)16(23)26-9-27-17(24)18(2,3)4/h6,8,13,25H,5,7,9H2,1-4H3,(H,21,22). The van der Waals surface area contributed by atoms with Gasteiger partial charge in [0.1, 0.15) is 11.3 Å². The van der Waals surface area contributed by atoms with Crippen molar-refractivity contribution in [2.24, 2.45) is 5.41 Å². The van der Waals surface area contributed by atoms with Crippen LogP contribution in [0, 0.1) is 5.41 Å². The molecule has 0 saturated carbocycles. The van der Waals surface area contributed by atoms with Crippen molar-refractivity contribution in [3.63, 3.8) is 0 Å². The molecule has 0 bridgehead atoms. The molecule has 8 nitrogen and oxygen atoms in total. The molecule has 1 aromatic carbocycles. The minimum Gasteiger partial charge on any atom is -0.534 e. The van der Waals surface area contributed by atoms with E-state index < -0.39 is 37.2 Å². The highest BCUT2D eigenvalue weighted by Crippen LogP contribution is 2.33. The number of fused-ring (bicyclic) bond motifs is 1. The summed E-state index contributed by atoms with van der Waals surface area (Å²) in [5.74, 6) is -2.13. The van der Waals surface area contributed by atoms with Crippen LogP contribution in [0.1, 0.15) is 50.0 Å². The van der Waals surface area contributed by atoms with E-state index in [1.165, 1.54) is 6.07 Å². The van der Waals surface area contributed by atoms with Gasteiger partial charge < -0.3 is 24.5 Å². The summed E-state index contributed by atoms with van der Waals surface area (Å²) in [6.07, 6.45) is 0.485. The molecular formula is C18H23BClNO7. The molecule has 28 heavy (non-hydrogen) atoms. The van der Waals surface area contributed by atoms with Crippen molar-refractivity contribution < 1.29 is 33.5 Å². The number of carbonyl (C=O) groups is 3. The number of benzene rings is 1. The van der Waals surface area contributed by atoms with E-state index in [2.05, 4.69) is 5.32 Å². The van der Waals surface area contributed by atoms with Crippen LogP contribution >= 0.6 is 11.6 Å². The zero-order valence-electron chi connectivity index (χ0n) is 16.2. The van der Waals surface area contributed by atoms with Crippen LogP contribution in [0.5, 0.6) is 5.75 Å². The van der Waals surface area contributed by atoms with E-state index in [0.717, 1.165) is 0 Å². The number of hydrogen-bond acceptors (Lipinski definition) is 7. The summed E-state index contributed by atoms with van der Waals surface area (Å²) in [5, 5.41) is 13.1. The lowest BCUT2D eigenvalue weighted by molar-refractivity contribution is -0.161. The van der Waals surface area contributed by atoms with Gasteiger partial charge >= 0.3 is 19.1 Å². The predicted molar refractivity (Wildman–Crippen MR) is 102 cm³/mol. The molecule has 1 atom stereocenters. The summed E-state index contributed by atoms with van der Waals surface area (Å²) >= 11 is 6.09. The highest BCUT2D eigenvalue weighted by atomic mass is 35.5. The molecular weight excluding hydrogens is 388 g/mol. The molecule has 0 aromatic heterocycles. The van der Waals surface area contributed by atoms with E-state index in [0.29, 0.717) is 5.56 Å². The van der Waals surface area contributed by atoms with E-state index in [1.54, 1.807) is 33.8 Å². The lowest BCUT2D eigenvalue weighted by atomic mass is 9.72. The maximum Gasteiger partial charge on any atom is 0.547 e. The van der Waals surface area contributed by atoms with E-state index in [1.807, 2.05) is 0 Å². The van der Waals surface area contributed by atoms with E-state index >= 15 is 0 Å². The average Bonchev–Trinajstić information content (AvgIpc) is 2.60. The predicted octanol–water partition coefficient (Wildman–Crippen LogP) is 1.89. The normalized spacial score (nSPS) is 15.9. The fourth-order valence-corrected chi connectivity index (χ4v) is 2.74. The monoisotopic (exact) mass is 411 g/mol.